The summed E-state index contributed by atoms with van der Waals surface area (Å²) in [4.78, 5) is 0. The van der Waals surface area contributed by atoms with Gasteiger partial charge in [0.2, 0.25) is 0 Å². The summed E-state index contributed by atoms with van der Waals surface area (Å²) < 4.78 is 12.7. The molecule has 1 N–H and O–H groups in total. The van der Waals surface area contributed by atoms with Crippen LogP contribution in [0.5, 0.6) is 0 Å². The summed E-state index contributed by atoms with van der Waals surface area (Å²) in [5, 5.41) is 3.42. The zero-order chi connectivity index (χ0) is 11.8. The molecule has 1 rings (SSSR count). The Bertz CT molecular complexity index is 281. The summed E-state index contributed by atoms with van der Waals surface area (Å²) in [6, 6.07) is 6.83. The van der Waals surface area contributed by atoms with Crippen molar-refractivity contribution in [2.45, 2.75) is 33.1 Å². The second kappa shape index (κ2) is 7.39. The van der Waals surface area contributed by atoms with Gasteiger partial charge in [-0.05, 0) is 56.0 Å². The number of aryl methyl sites for hydroxylation is 1. The third-order valence-corrected chi connectivity index (χ3v) is 2.76. The van der Waals surface area contributed by atoms with Crippen LogP contribution in [0.2, 0.25) is 0 Å². The molecule has 90 valence electrons. The Hall–Kier alpha value is -0.890. The predicted molar refractivity (Wildman–Crippen MR) is 67.0 cm³/mol. The maximum atomic E-state index is 12.7. The van der Waals surface area contributed by atoms with E-state index in [9.17, 15) is 4.39 Å². The molecular formula is C14H22FN. The summed E-state index contributed by atoms with van der Waals surface area (Å²) in [5.74, 6) is 0.526. The molecule has 0 aliphatic rings. The minimum absolute atomic E-state index is 0.151. The van der Waals surface area contributed by atoms with Crippen LogP contribution in [0.25, 0.3) is 0 Å². The van der Waals surface area contributed by atoms with E-state index in [0.717, 1.165) is 25.9 Å². The minimum Gasteiger partial charge on any atom is -0.316 e. The third-order valence-electron chi connectivity index (χ3n) is 2.76. The molecule has 0 aromatic heterocycles. The van der Waals surface area contributed by atoms with Crippen molar-refractivity contribution in [1.82, 2.24) is 5.32 Å². The summed E-state index contributed by atoms with van der Waals surface area (Å²) in [6.45, 7) is 6.61. The van der Waals surface area contributed by atoms with E-state index >= 15 is 0 Å². The van der Waals surface area contributed by atoms with Gasteiger partial charge in [0.25, 0.3) is 0 Å². The van der Waals surface area contributed by atoms with Crippen molar-refractivity contribution in [2.24, 2.45) is 5.92 Å². The van der Waals surface area contributed by atoms with Gasteiger partial charge in [0, 0.05) is 0 Å². The fraction of sp³-hybridized carbons (Fsp3) is 0.571. The van der Waals surface area contributed by atoms with Crippen LogP contribution < -0.4 is 5.32 Å². The standard InChI is InChI=1S/C14H22FN/c1-3-10-16-11-12(2)4-5-13-6-8-14(15)9-7-13/h6-9,12,16H,3-5,10-11H2,1-2H3. The molecule has 0 bridgehead atoms. The number of halogens is 1. The topological polar surface area (TPSA) is 12.0 Å². The highest BCUT2D eigenvalue weighted by molar-refractivity contribution is 5.16. The van der Waals surface area contributed by atoms with Crippen molar-refractivity contribution in [1.29, 1.82) is 0 Å². The molecular weight excluding hydrogens is 201 g/mol. The van der Waals surface area contributed by atoms with Gasteiger partial charge in [-0.2, -0.15) is 0 Å². The molecule has 1 nitrogen and oxygen atoms in total. The highest BCUT2D eigenvalue weighted by Gasteiger charge is 2.02. The Morgan fingerprint density at radius 3 is 2.56 bits per heavy atom. The average Bonchev–Trinajstić information content (AvgIpc) is 2.29. The van der Waals surface area contributed by atoms with Crippen LogP contribution in [0.15, 0.2) is 24.3 Å². The van der Waals surface area contributed by atoms with Crippen molar-refractivity contribution < 1.29 is 4.39 Å². The molecule has 0 heterocycles. The summed E-state index contributed by atoms with van der Waals surface area (Å²) in [5.41, 5.74) is 1.23. The van der Waals surface area contributed by atoms with Gasteiger partial charge in [0.05, 0.1) is 0 Å². The van der Waals surface area contributed by atoms with Crippen LogP contribution in [0.4, 0.5) is 4.39 Å². The van der Waals surface area contributed by atoms with E-state index in [1.54, 1.807) is 0 Å². The zero-order valence-electron chi connectivity index (χ0n) is 10.3. The second-order valence-corrected chi connectivity index (χ2v) is 4.47. The van der Waals surface area contributed by atoms with Gasteiger partial charge in [0.15, 0.2) is 0 Å². The largest absolute Gasteiger partial charge is 0.316 e. The molecule has 1 aromatic rings. The first-order valence-corrected chi connectivity index (χ1v) is 6.17. The molecule has 0 radical (unpaired) electrons. The monoisotopic (exact) mass is 223 g/mol. The van der Waals surface area contributed by atoms with Crippen LogP contribution in [-0.2, 0) is 6.42 Å². The number of nitrogens with one attached hydrogen (secondary N) is 1. The van der Waals surface area contributed by atoms with Crippen LogP contribution in [0.3, 0.4) is 0 Å². The van der Waals surface area contributed by atoms with E-state index in [1.807, 2.05) is 12.1 Å². The van der Waals surface area contributed by atoms with E-state index in [1.165, 1.54) is 24.1 Å². The predicted octanol–water partition coefficient (Wildman–Crippen LogP) is 3.39. The molecule has 0 saturated carbocycles. The fourth-order valence-electron chi connectivity index (χ4n) is 1.69. The molecule has 1 aromatic carbocycles. The van der Waals surface area contributed by atoms with Gasteiger partial charge in [-0.25, -0.2) is 4.39 Å². The van der Waals surface area contributed by atoms with E-state index in [2.05, 4.69) is 19.2 Å². The number of rotatable bonds is 7. The first-order chi connectivity index (χ1) is 7.72. The number of hydrogen-bond donors (Lipinski definition) is 1. The smallest absolute Gasteiger partial charge is 0.123 e. The molecule has 2 heteroatoms. The van der Waals surface area contributed by atoms with Crippen LogP contribution in [-0.4, -0.2) is 13.1 Å². The van der Waals surface area contributed by atoms with E-state index in [0.29, 0.717) is 5.92 Å². The van der Waals surface area contributed by atoms with Crippen molar-refractivity contribution in [3.63, 3.8) is 0 Å². The van der Waals surface area contributed by atoms with E-state index < -0.39 is 0 Å². The van der Waals surface area contributed by atoms with Gasteiger partial charge in [-0.3, -0.25) is 0 Å². The maximum Gasteiger partial charge on any atom is 0.123 e. The second-order valence-electron chi connectivity index (χ2n) is 4.47. The normalized spacial score (nSPS) is 12.7. The Balaban J connectivity index is 2.20. The van der Waals surface area contributed by atoms with Gasteiger partial charge < -0.3 is 5.32 Å². The maximum absolute atomic E-state index is 12.7. The van der Waals surface area contributed by atoms with E-state index in [4.69, 9.17) is 0 Å². The lowest BCUT2D eigenvalue weighted by Crippen LogP contribution is -2.22. The summed E-state index contributed by atoms with van der Waals surface area (Å²) >= 11 is 0. The summed E-state index contributed by atoms with van der Waals surface area (Å²) in [7, 11) is 0. The average molecular weight is 223 g/mol. The third kappa shape index (κ3) is 5.26. The van der Waals surface area contributed by atoms with Crippen LogP contribution in [0.1, 0.15) is 32.3 Å². The van der Waals surface area contributed by atoms with Crippen molar-refractivity contribution in [3.05, 3.63) is 35.6 Å². The van der Waals surface area contributed by atoms with Crippen LogP contribution in [0, 0.1) is 11.7 Å². The Kier molecular flexibility index (Phi) is 6.09. The Morgan fingerprint density at radius 1 is 1.25 bits per heavy atom. The molecule has 0 spiro atoms. The van der Waals surface area contributed by atoms with Gasteiger partial charge >= 0.3 is 0 Å². The highest BCUT2D eigenvalue weighted by Crippen LogP contribution is 2.09. The SMILES string of the molecule is CCCNCC(C)CCc1ccc(F)cc1. The molecule has 0 fully saturated rings. The first kappa shape index (κ1) is 13.2. The summed E-state index contributed by atoms with van der Waals surface area (Å²) in [6.07, 6.45) is 3.38. The number of benzene rings is 1. The van der Waals surface area contributed by atoms with Gasteiger partial charge in [0.1, 0.15) is 5.82 Å². The van der Waals surface area contributed by atoms with Crippen molar-refractivity contribution >= 4 is 0 Å². The molecule has 0 aliphatic carbocycles. The highest BCUT2D eigenvalue weighted by atomic mass is 19.1. The lowest BCUT2D eigenvalue weighted by atomic mass is 10.0. The zero-order valence-corrected chi connectivity index (χ0v) is 10.3. The Morgan fingerprint density at radius 2 is 1.94 bits per heavy atom. The van der Waals surface area contributed by atoms with Crippen LogP contribution >= 0.6 is 0 Å². The number of hydrogen-bond acceptors (Lipinski definition) is 1. The first-order valence-electron chi connectivity index (χ1n) is 6.17. The lowest BCUT2D eigenvalue weighted by Gasteiger charge is -2.12. The Labute approximate surface area is 98.1 Å². The van der Waals surface area contributed by atoms with Gasteiger partial charge in [-0.1, -0.05) is 26.0 Å². The van der Waals surface area contributed by atoms with Crippen molar-refractivity contribution in [3.8, 4) is 0 Å². The quantitative estimate of drug-likeness (QED) is 0.699. The van der Waals surface area contributed by atoms with Gasteiger partial charge in [-0.15, -0.1) is 0 Å². The van der Waals surface area contributed by atoms with Crippen molar-refractivity contribution in [2.75, 3.05) is 13.1 Å². The lowest BCUT2D eigenvalue weighted by molar-refractivity contribution is 0.481. The molecule has 0 aliphatic heterocycles. The molecule has 16 heavy (non-hydrogen) atoms. The minimum atomic E-state index is -0.151. The van der Waals surface area contributed by atoms with E-state index in [-0.39, 0.29) is 5.82 Å². The molecule has 1 atom stereocenters. The molecule has 1 unspecified atom stereocenters. The molecule has 0 saturated heterocycles. The fourth-order valence-corrected chi connectivity index (χ4v) is 1.69. The molecule has 0 amide bonds.